The lowest BCUT2D eigenvalue weighted by molar-refractivity contribution is -0.245. The fraction of sp³-hybridized carbons (Fsp3) is 0.805. The molecule has 5 aliphatic heterocycles. The Morgan fingerprint density at radius 3 is 2.71 bits per heavy atom. The SMILES string of the molecule is CC=C(CCO)C(=O)OC1(C)C(CO)C=C2CSSC3CC(C=O)C(NC)C4CN(C(=O)CC5CNC(N)CC5C2C12CC1CC5CCC(=O)OC5CC1O2)C34. The first kappa shape index (κ1) is 40.8. The van der Waals surface area contributed by atoms with Crippen molar-refractivity contribution >= 4 is 45.7 Å². The molecule has 1 spiro atoms. The predicted octanol–water partition coefficient (Wildman–Crippen LogP) is 2.34. The van der Waals surface area contributed by atoms with E-state index in [1.54, 1.807) is 34.6 Å². The van der Waals surface area contributed by atoms with Crippen LogP contribution in [-0.2, 0) is 33.4 Å². The number of aldehydes is 1. The van der Waals surface area contributed by atoms with E-state index in [2.05, 4.69) is 21.6 Å². The van der Waals surface area contributed by atoms with Crippen molar-refractivity contribution in [2.45, 2.75) is 119 Å². The van der Waals surface area contributed by atoms with Crippen LogP contribution in [0.1, 0.15) is 71.6 Å². The first-order chi connectivity index (χ1) is 27.0. The average Bonchev–Trinajstić information content (AvgIpc) is 3.53. The van der Waals surface area contributed by atoms with Crippen molar-refractivity contribution in [3.63, 3.8) is 0 Å². The summed E-state index contributed by atoms with van der Waals surface area (Å²) < 4.78 is 20.2. The Balaban J connectivity index is 1.23. The summed E-state index contributed by atoms with van der Waals surface area (Å²) in [5.74, 6) is -0.758. The molecule has 6 N–H and O–H groups in total. The van der Waals surface area contributed by atoms with E-state index in [4.69, 9.17) is 19.9 Å². The second kappa shape index (κ2) is 16.2. The van der Waals surface area contributed by atoms with Gasteiger partial charge in [0.25, 0.3) is 0 Å². The van der Waals surface area contributed by atoms with Gasteiger partial charge in [0.15, 0.2) is 0 Å². The molecule has 7 fully saturated rings. The van der Waals surface area contributed by atoms with Gasteiger partial charge in [-0.25, -0.2) is 4.79 Å². The highest BCUT2D eigenvalue weighted by atomic mass is 33.1. The van der Waals surface area contributed by atoms with Crippen molar-refractivity contribution in [2.24, 2.45) is 53.1 Å². The van der Waals surface area contributed by atoms with E-state index in [1.165, 1.54) is 0 Å². The first-order valence-corrected chi connectivity index (χ1v) is 23.2. The number of piperidine rings is 1. The molecule has 56 heavy (non-hydrogen) atoms. The van der Waals surface area contributed by atoms with Gasteiger partial charge in [0.05, 0.1) is 24.9 Å². The molecule has 0 radical (unpaired) electrons. The van der Waals surface area contributed by atoms with Gasteiger partial charge >= 0.3 is 11.9 Å². The number of nitrogens with one attached hydrogen (secondary N) is 2. The molecule has 0 aromatic heterocycles. The Morgan fingerprint density at radius 1 is 1.16 bits per heavy atom. The zero-order valence-corrected chi connectivity index (χ0v) is 34.4. The van der Waals surface area contributed by atoms with Crippen LogP contribution in [0.5, 0.6) is 0 Å². The normalized spacial score (nSPS) is 46.3. The summed E-state index contributed by atoms with van der Waals surface area (Å²) in [6, 6.07) is 0.0737. The van der Waals surface area contributed by atoms with Crippen molar-refractivity contribution in [3.8, 4) is 0 Å². The van der Waals surface area contributed by atoms with Crippen molar-refractivity contribution in [2.75, 3.05) is 39.1 Å². The number of fused-ring (bicyclic) bond motifs is 6. The summed E-state index contributed by atoms with van der Waals surface area (Å²) in [6.07, 6.45) is 8.88. The Kier molecular flexibility index (Phi) is 11.8. The van der Waals surface area contributed by atoms with E-state index >= 15 is 0 Å². The molecule has 5 heterocycles. The summed E-state index contributed by atoms with van der Waals surface area (Å²) in [4.78, 5) is 55.6. The summed E-state index contributed by atoms with van der Waals surface area (Å²) >= 11 is 0. The van der Waals surface area contributed by atoms with E-state index in [-0.39, 0.29) is 109 Å². The monoisotopic (exact) mass is 816 g/mol. The van der Waals surface area contributed by atoms with E-state index in [9.17, 15) is 29.4 Å². The number of carbonyl (C=O) groups excluding carboxylic acids is 4. The fourth-order valence-corrected chi connectivity index (χ4v) is 15.7. The van der Waals surface area contributed by atoms with Gasteiger partial charge < -0.3 is 50.5 Å². The number of esters is 2. The minimum absolute atomic E-state index is 0.0326. The lowest BCUT2D eigenvalue weighted by atomic mass is 9.53. The van der Waals surface area contributed by atoms with Gasteiger partial charge in [-0.05, 0) is 76.7 Å². The van der Waals surface area contributed by atoms with Gasteiger partial charge in [-0.3, -0.25) is 9.59 Å². The summed E-state index contributed by atoms with van der Waals surface area (Å²) in [5.41, 5.74) is 5.77. The maximum absolute atomic E-state index is 14.5. The molecule has 8 rings (SSSR count). The topological polar surface area (TPSA) is 190 Å². The number of rotatable bonds is 7. The molecule has 5 saturated heterocycles. The third-order valence-corrected chi connectivity index (χ3v) is 18.1. The standard InChI is InChI=1S/C41H60N4O9S2/c1-4-21(7-8-46)39(51)54-40(2)27(19-48)10-26-20-55-56-32-11-25(18-47)37(43-3)29-17-45(38(29)32)34(49)12-24-16-44-33(42)13-28(24)36(26)41(40)15-23-9-22-5-6-35(50)52-30(22)14-31(23)53-41/h4,10,18,22-25,27-33,36-38,43-44,46,48H,5-9,11-17,19-20,42H2,1-3H3. The fourth-order valence-electron chi connectivity index (χ4n) is 12.5. The predicted molar refractivity (Wildman–Crippen MR) is 212 cm³/mol. The lowest BCUT2D eigenvalue weighted by Gasteiger charge is -2.60. The molecule has 1 amide bonds. The maximum atomic E-state index is 14.5. The number of carbonyl (C=O) groups is 4. The van der Waals surface area contributed by atoms with Gasteiger partial charge in [0.2, 0.25) is 5.91 Å². The number of amides is 1. The van der Waals surface area contributed by atoms with E-state index in [0.717, 1.165) is 24.7 Å². The van der Waals surface area contributed by atoms with Gasteiger partial charge in [0.1, 0.15) is 23.6 Å². The molecular formula is C41H60N4O9S2. The zero-order valence-electron chi connectivity index (χ0n) is 32.8. The van der Waals surface area contributed by atoms with E-state index in [0.29, 0.717) is 62.9 Å². The van der Waals surface area contributed by atoms with Crippen LogP contribution in [0.15, 0.2) is 23.3 Å². The van der Waals surface area contributed by atoms with Crippen LogP contribution < -0.4 is 16.4 Å². The lowest BCUT2D eigenvalue weighted by Crippen LogP contribution is -2.72. The Hall–Kier alpha value is -1.98. The van der Waals surface area contributed by atoms with Crippen LogP contribution in [0.2, 0.25) is 0 Å². The maximum Gasteiger partial charge on any atom is 0.334 e. The van der Waals surface area contributed by atoms with E-state index < -0.39 is 23.1 Å². The number of allylic oxidation sites excluding steroid dienone is 1. The molecule has 15 heteroatoms. The highest BCUT2D eigenvalue weighted by Gasteiger charge is 2.70. The van der Waals surface area contributed by atoms with E-state index in [1.807, 2.05) is 14.0 Å². The number of nitrogens with two attached hydrogens (primary N) is 1. The van der Waals surface area contributed by atoms with Crippen molar-refractivity contribution in [3.05, 3.63) is 23.3 Å². The van der Waals surface area contributed by atoms with Crippen molar-refractivity contribution in [1.82, 2.24) is 15.5 Å². The van der Waals surface area contributed by atoms with Gasteiger partial charge in [0, 0.05) is 91.7 Å². The highest BCUT2D eigenvalue weighted by molar-refractivity contribution is 8.77. The second-order valence-corrected chi connectivity index (χ2v) is 20.5. The van der Waals surface area contributed by atoms with Crippen LogP contribution in [-0.4, -0.2) is 125 Å². The largest absolute Gasteiger partial charge is 0.462 e. The molecule has 8 aliphatic rings. The highest BCUT2D eigenvalue weighted by Crippen LogP contribution is 2.63. The molecule has 0 aromatic carbocycles. The Morgan fingerprint density at radius 2 is 1.98 bits per heavy atom. The van der Waals surface area contributed by atoms with Gasteiger partial charge in [-0.1, -0.05) is 39.3 Å². The van der Waals surface area contributed by atoms with Crippen molar-refractivity contribution < 1.29 is 43.6 Å². The van der Waals surface area contributed by atoms with Crippen LogP contribution >= 0.6 is 21.6 Å². The molecule has 0 aromatic rings. The van der Waals surface area contributed by atoms with Crippen molar-refractivity contribution in [1.29, 1.82) is 0 Å². The summed E-state index contributed by atoms with van der Waals surface area (Å²) in [5, 5.41) is 28.1. The third kappa shape index (κ3) is 6.81. The Bertz CT molecular complexity index is 1620. The number of aliphatic hydroxyl groups excluding tert-OH is 2. The number of nitrogens with zero attached hydrogens (tertiary/aromatic N) is 1. The number of ether oxygens (including phenoxy) is 3. The average molecular weight is 817 g/mol. The molecule has 3 aliphatic carbocycles. The minimum atomic E-state index is -1.34. The number of aliphatic hydroxyl groups is 2. The Labute approximate surface area is 337 Å². The number of hydrogen-bond donors (Lipinski definition) is 5. The minimum Gasteiger partial charge on any atom is -0.462 e. The third-order valence-electron chi connectivity index (χ3n) is 15.3. The molecular weight excluding hydrogens is 757 g/mol. The zero-order chi connectivity index (χ0) is 39.5. The second-order valence-electron chi connectivity index (χ2n) is 17.9. The summed E-state index contributed by atoms with van der Waals surface area (Å²) in [6.45, 7) is 4.34. The molecule has 16 atom stereocenters. The summed E-state index contributed by atoms with van der Waals surface area (Å²) in [7, 11) is 5.41. The van der Waals surface area contributed by atoms with Gasteiger partial charge in [-0.2, -0.15) is 0 Å². The van der Waals surface area contributed by atoms with Gasteiger partial charge in [-0.15, -0.1) is 0 Å². The van der Waals surface area contributed by atoms with Crippen LogP contribution in [0.4, 0.5) is 0 Å². The molecule has 13 nitrogen and oxygen atoms in total. The quantitative estimate of drug-likeness (QED) is 0.0828. The van der Waals surface area contributed by atoms with Crippen LogP contribution in [0.25, 0.3) is 0 Å². The van der Waals surface area contributed by atoms with Crippen LogP contribution in [0.3, 0.4) is 0 Å². The smallest absolute Gasteiger partial charge is 0.334 e. The first-order valence-electron chi connectivity index (χ1n) is 20.9. The number of hydrogen-bond acceptors (Lipinski definition) is 14. The molecule has 310 valence electrons. The van der Waals surface area contributed by atoms with Crippen LogP contribution in [0, 0.1) is 47.3 Å². The molecule has 0 bridgehead atoms. The molecule has 2 saturated carbocycles. The molecule has 16 unspecified atom stereocenters.